The Morgan fingerprint density at radius 1 is 1.00 bits per heavy atom. The Labute approximate surface area is 168 Å². The first-order valence-electron chi connectivity index (χ1n) is 9.60. The van der Waals surface area contributed by atoms with Crippen LogP contribution in [0.25, 0.3) is 16.9 Å². The highest BCUT2D eigenvalue weighted by atomic mass is 35.5. The maximum atomic E-state index is 13.4. The van der Waals surface area contributed by atoms with Crippen LogP contribution in [-0.2, 0) is 0 Å². The molecule has 2 aliphatic rings. The second-order valence-corrected chi connectivity index (χ2v) is 7.99. The minimum absolute atomic E-state index is 0.0472. The first kappa shape index (κ1) is 17.5. The van der Waals surface area contributed by atoms with Gasteiger partial charge in [0, 0.05) is 36.8 Å². The molecule has 3 heterocycles. The first-order valence-corrected chi connectivity index (χ1v) is 9.98. The van der Waals surface area contributed by atoms with E-state index in [9.17, 15) is 4.79 Å². The Hall–Kier alpha value is -2.63. The minimum Gasteiger partial charge on any atom is -0.337 e. The van der Waals surface area contributed by atoms with Gasteiger partial charge < -0.3 is 10.2 Å². The topological polar surface area (TPSA) is 50.2 Å². The molecule has 0 spiro atoms. The summed E-state index contributed by atoms with van der Waals surface area (Å²) in [6.07, 6.45) is 0. The van der Waals surface area contributed by atoms with Crippen molar-refractivity contribution in [2.24, 2.45) is 11.8 Å². The van der Waals surface area contributed by atoms with E-state index in [2.05, 4.69) is 5.32 Å². The zero-order chi connectivity index (χ0) is 19.1. The van der Waals surface area contributed by atoms with E-state index in [1.165, 1.54) is 0 Å². The zero-order valence-corrected chi connectivity index (χ0v) is 16.1. The average molecular weight is 393 g/mol. The lowest BCUT2D eigenvalue weighted by molar-refractivity contribution is 0.0772. The molecule has 142 valence electrons. The van der Waals surface area contributed by atoms with Gasteiger partial charge in [-0.15, -0.1) is 0 Å². The first-order chi connectivity index (χ1) is 13.7. The number of rotatable bonds is 3. The zero-order valence-electron chi connectivity index (χ0n) is 15.4. The third-order valence-electron chi connectivity index (χ3n) is 5.75. The largest absolute Gasteiger partial charge is 0.337 e. The number of carbonyl (C=O) groups is 1. The molecule has 5 nitrogen and oxygen atoms in total. The van der Waals surface area contributed by atoms with Crippen molar-refractivity contribution in [3.05, 3.63) is 71.4 Å². The molecule has 0 bridgehead atoms. The van der Waals surface area contributed by atoms with Crippen molar-refractivity contribution in [1.82, 2.24) is 20.0 Å². The lowest BCUT2D eigenvalue weighted by Gasteiger charge is -2.18. The summed E-state index contributed by atoms with van der Waals surface area (Å²) >= 11 is 6.02. The molecule has 0 aliphatic carbocycles. The van der Waals surface area contributed by atoms with Crippen LogP contribution in [0.3, 0.4) is 0 Å². The summed E-state index contributed by atoms with van der Waals surface area (Å²) in [6, 6.07) is 19.3. The molecule has 5 rings (SSSR count). The van der Waals surface area contributed by atoms with Gasteiger partial charge in [0.15, 0.2) is 0 Å². The normalized spacial score (nSPS) is 21.1. The van der Waals surface area contributed by atoms with Gasteiger partial charge in [0.25, 0.3) is 5.91 Å². The predicted octanol–water partition coefficient (Wildman–Crippen LogP) is 3.48. The molecule has 2 fully saturated rings. The molecule has 2 aromatic carbocycles. The Bertz CT molecular complexity index is 987. The maximum absolute atomic E-state index is 13.4. The third kappa shape index (κ3) is 3.11. The molecule has 0 unspecified atom stereocenters. The number of nitrogens with one attached hydrogen (secondary N) is 1. The van der Waals surface area contributed by atoms with Crippen LogP contribution in [0.2, 0.25) is 5.02 Å². The summed E-state index contributed by atoms with van der Waals surface area (Å²) in [4.78, 5) is 15.4. The standard InChI is InChI=1S/C22H21ClN4O/c23-18-8-6-15(7-9-18)20-10-21(27(25-20)19-4-2-1-3-5-19)22(28)26-13-16-11-24-12-17(16)14-26/h1-10,16-17,24H,11-14H2/t16-,17+. The van der Waals surface area contributed by atoms with Crippen LogP contribution < -0.4 is 5.32 Å². The van der Waals surface area contributed by atoms with E-state index >= 15 is 0 Å². The van der Waals surface area contributed by atoms with Gasteiger partial charge in [-0.3, -0.25) is 4.79 Å². The highest BCUT2D eigenvalue weighted by Gasteiger charge is 2.39. The van der Waals surface area contributed by atoms with Crippen molar-refractivity contribution in [2.45, 2.75) is 0 Å². The van der Waals surface area contributed by atoms with Gasteiger partial charge in [-0.1, -0.05) is 41.9 Å². The molecule has 6 heteroatoms. The smallest absolute Gasteiger partial charge is 0.272 e. The molecule has 3 aromatic rings. The summed E-state index contributed by atoms with van der Waals surface area (Å²) in [6.45, 7) is 3.63. The highest BCUT2D eigenvalue weighted by Crippen LogP contribution is 2.29. The number of aromatic nitrogens is 2. The summed E-state index contributed by atoms with van der Waals surface area (Å²) in [5.41, 5.74) is 3.19. The third-order valence-corrected chi connectivity index (χ3v) is 6.00. The van der Waals surface area contributed by atoms with E-state index < -0.39 is 0 Å². The Morgan fingerprint density at radius 2 is 1.68 bits per heavy atom. The lowest BCUT2D eigenvalue weighted by atomic mass is 10.0. The van der Waals surface area contributed by atoms with Crippen molar-refractivity contribution in [3.8, 4) is 16.9 Å². The number of amides is 1. The van der Waals surface area contributed by atoms with Gasteiger partial charge in [0.05, 0.1) is 11.4 Å². The van der Waals surface area contributed by atoms with Crippen molar-refractivity contribution >= 4 is 17.5 Å². The van der Waals surface area contributed by atoms with Crippen LogP contribution in [0.5, 0.6) is 0 Å². The molecule has 28 heavy (non-hydrogen) atoms. The molecular weight excluding hydrogens is 372 g/mol. The van der Waals surface area contributed by atoms with Gasteiger partial charge >= 0.3 is 0 Å². The number of fused-ring (bicyclic) bond motifs is 1. The molecule has 2 atom stereocenters. The maximum Gasteiger partial charge on any atom is 0.272 e. The summed E-state index contributed by atoms with van der Waals surface area (Å²) in [5, 5.41) is 8.86. The fraction of sp³-hybridized carbons (Fsp3) is 0.273. The number of nitrogens with zero attached hydrogens (tertiary/aromatic N) is 3. The second kappa shape index (κ2) is 7.08. The molecule has 0 radical (unpaired) electrons. The van der Waals surface area contributed by atoms with Crippen molar-refractivity contribution in [2.75, 3.05) is 26.2 Å². The molecule has 0 saturated carbocycles. The van der Waals surface area contributed by atoms with Gasteiger partial charge in [-0.25, -0.2) is 4.68 Å². The second-order valence-electron chi connectivity index (χ2n) is 7.56. The monoisotopic (exact) mass is 392 g/mol. The molecule has 1 aromatic heterocycles. The van der Waals surface area contributed by atoms with E-state index in [0.29, 0.717) is 22.6 Å². The quantitative estimate of drug-likeness (QED) is 0.742. The van der Waals surface area contributed by atoms with Crippen LogP contribution in [0.15, 0.2) is 60.7 Å². The van der Waals surface area contributed by atoms with Crippen LogP contribution in [-0.4, -0.2) is 46.8 Å². The SMILES string of the molecule is O=C(c1cc(-c2ccc(Cl)cc2)nn1-c1ccccc1)N1C[C@H]2CNC[C@H]2C1. The predicted molar refractivity (Wildman–Crippen MR) is 110 cm³/mol. The minimum atomic E-state index is 0.0472. The van der Waals surface area contributed by atoms with Gasteiger partial charge in [0.1, 0.15) is 5.69 Å². The van der Waals surface area contributed by atoms with E-state index in [0.717, 1.165) is 43.1 Å². The fourth-order valence-corrected chi connectivity index (χ4v) is 4.37. The van der Waals surface area contributed by atoms with Crippen LogP contribution >= 0.6 is 11.6 Å². The van der Waals surface area contributed by atoms with Crippen molar-refractivity contribution in [3.63, 3.8) is 0 Å². The van der Waals surface area contributed by atoms with E-state index in [4.69, 9.17) is 16.7 Å². The van der Waals surface area contributed by atoms with Gasteiger partial charge in [-0.05, 0) is 42.2 Å². The number of likely N-dealkylation sites (tertiary alicyclic amines) is 1. The number of carbonyl (C=O) groups excluding carboxylic acids is 1. The van der Waals surface area contributed by atoms with E-state index in [-0.39, 0.29) is 5.91 Å². The van der Waals surface area contributed by atoms with Crippen LogP contribution in [0, 0.1) is 11.8 Å². The highest BCUT2D eigenvalue weighted by molar-refractivity contribution is 6.30. The van der Waals surface area contributed by atoms with Gasteiger partial charge in [0.2, 0.25) is 0 Å². The summed E-state index contributed by atoms with van der Waals surface area (Å²) < 4.78 is 1.76. The summed E-state index contributed by atoms with van der Waals surface area (Å²) in [5.74, 6) is 1.17. The van der Waals surface area contributed by atoms with Crippen molar-refractivity contribution in [1.29, 1.82) is 0 Å². The molecule has 1 N–H and O–H groups in total. The van der Waals surface area contributed by atoms with Crippen molar-refractivity contribution < 1.29 is 4.79 Å². The van der Waals surface area contributed by atoms with Crippen LogP contribution in [0.1, 0.15) is 10.5 Å². The molecule has 2 aliphatic heterocycles. The Morgan fingerprint density at radius 3 is 2.36 bits per heavy atom. The van der Waals surface area contributed by atoms with E-state index in [1.54, 1.807) is 4.68 Å². The fourth-order valence-electron chi connectivity index (χ4n) is 4.24. The van der Waals surface area contributed by atoms with E-state index in [1.807, 2.05) is 65.6 Å². The molecule has 2 saturated heterocycles. The number of hydrogen-bond acceptors (Lipinski definition) is 3. The molecular formula is C22H21ClN4O. The Balaban J connectivity index is 1.53. The van der Waals surface area contributed by atoms with Crippen LogP contribution in [0.4, 0.5) is 0 Å². The Kier molecular flexibility index (Phi) is 4.41. The number of hydrogen-bond donors (Lipinski definition) is 1. The molecule has 1 amide bonds. The number of halogens is 1. The van der Waals surface area contributed by atoms with Gasteiger partial charge in [-0.2, -0.15) is 5.10 Å². The average Bonchev–Trinajstić information content (AvgIpc) is 3.43. The lowest BCUT2D eigenvalue weighted by Crippen LogP contribution is -2.33. The number of benzene rings is 2. The summed E-state index contributed by atoms with van der Waals surface area (Å²) in [7, 11) is 0. The number of para-hydroxylation sites is 1.